The van der Waals surface area contributed by atoms with Crippen LogP contribution >= 0.6 is 0 Å². The minimum absolute atomic E-state index is 0.123. The van der Waals surface area contributed by atoms with Crippen LogP contribution in [0.4, 0.5) is 5.69 Å². The van der Waals surface area contributed by atoms with Gasteiger partial charge in [-0.2, -0.15) is 0 Å². The maximum atomic E-state index is 10.2. The predicted octanol–water partition coefficient (Wildman–Crippen LogP) is 4.28. The number of hydrogen-bond acceptors (Lipinski definition) is 11. The van der Waals surface area contributed by atoms with Crippen LogP contribution in [-0.2, 0) is 4.79 Å². The Kier molecular flexibility index (Phi) is 16.4. The molecule has 3 heterocycles. The van der Waals surface area contributed by atoms with Crippen molar-refractivity contribution < 1.29 is 14.6 Å². The van der Waals surface area contributed by atoms with Crippen molar-refractivity contribution in [2.75, 3.05) is 44.7 Å². The van der Waals surface area contributed by atoms with E-state index in [-0.39, 0.29) is 23.5 Å². The highest BCUT2D eigenvalue weighted by Crippen LogP contribution is 2.30. The van der Waals surface area contributed by atoms with E-state index in [9.17, 15) is 9.90 Å². The SMILES string of the molecule is CCC(C)C=O.CCCC1CN(C(/C=C(\N)c2ccccc2O)=C(N)N)CCN1c1ccnc(OC2CCC2)c1.CNC1CCNCC1. The molecule has 5 rings (SSSR count). The van der Waals surface area contributed by atoms with Crippen molar-refractivity contribution in [3.8, 4) is 11.6 Å². The number of rotatable bonds is 11. The Hall–Kier alpha value is -3.96. The minimum atomic E-state index is 0.123. The monoisotopic (exact) mass is 664 g/mol. The van der Waals surface area contributed by atoms with Crippen molar-refractivity contribution in [1.29, 1.82) is 0 Å². The summed E-state index contributed by atoms with van der Waals surface area (Å²) in [6.45, 7) is 10.8. The van der Waals surface area contributed by atoms with Crippen molar-refractivity contribution in [2.24, 2.45) is 23.1 Å². The van der Waals surface area contributed by atoms with Gasteiger partial charge >= 0.3 is 0 Å². The van der Waals surface area contributed by atoms with Crippen molar-refractivity contribution in [2.45, 2.75) is 90.3 Å². The molecule has 2 aromatic rings. The fourth-order valence-electron chi connectivity index (χ4n) is 5.80. The summed E-state index contributed by atoms with van der Waals surface area (Å²) in [6, 6.07) is 12.1. The van der Waals surface area contributed by atoms with Gasteiger partial charge in [-0.15, -0.1) is 0 Å². The summed E-state index contributed by atoms with van der Waals surface area (Å²) in [5.74, 6) is 1.29. The lowest BCUT2D eigenvalue weighted by atomic mass is 9.96. The van der Waals surface area contributed by atoms with Crippen LogP contribution in [0.3, 0.4) is 0 Å². The highest BCUT2D eigenvalue weighted by molar-refractivity contribution is 5.70. The number of aromatic nitrogens is 1. The molecule has 1 aromatic carbocycles. The standard InChI is InChI=1S/C26H36N6O2.C6H14N2.C5H10O/c1-2-6-19-17-31(23(26(28)29)16-22(27)21-9-3-4-10-24(21)33)13-14-32(19)18-11-12-30-25(15-18)34-20-7-5-8-20;1-7-6-2-4-8-5-3-6;1-3-5(2)4-6/h3-4,9-12,15-16,19-20,33H,2,5-8,13-14,17,27-29H2,1H3;6-8H,2-5H2,1H3;4-5H,3H2,1-2H3/b22-16-;;. The summed E-state index contributed by atoms with van der Waals surface area (Å²) in [5.41, 5.74) is 21.3. The molecular weight excluding hydrogens is 604 g/mol. The summed E-state index contributed by atoms with van der Waals surface area (Å²) < 4.78 is 6.03. The molecule has 2 atom stereocenters. The number of allylic oxidation sites excluding steroid dienone is 1. The van der Waals surface area contributed by atoms with E-state index >= 15 is 0 Å². The zero-order valence-corrected chi connectivity index (χ0v) is 29.5. The van der Waals surface area contributed by atoms with Gasteiger partial charge in [-0.1, -0.05) is 39.3 Å². The molecule has 1 saturated carbocycles. The lowest BCUT2D eigenvalue weighted by Crippen LogP contribution is -2.53. The van der Waals surface area contributed by atoms with E-state index in [1.165, 1.54) is 32.4 Å². The lowest BCUT2D eigenvalue weighted by molar-refractivity contribution is -0.110. The quantitative estimate of drug-likeness (QED) is 0.150. The Morgan fingerprint density at radius 2 is 1.85 bits per heavy atom. The summed E-state index contributed by atoms with van der Waals surface area (Å²) in [7, 11) is 2.04. The van der Waals surface area contributed by atoms with Crippen LogP contribution < -0.4 is 37.5 Å². The zero-order valence-electron chi connectivity index (χ0n) is 29.5. The average molecular weight is 665 g/mol. The van der Waals surface area contributed by atoms with E-state index in [1.54, 1.807) is 24.3 Å². The highest BCUT2D eigenvalue weighted by Gasteiger charge is 2.29. The van der Waals surface area contributed by atoms with Crippen molar-refractivity contribution in [3.63, 3.8) is 0 Å². The normalized spacial score (nSPS) is 19.1. The topological polar surface area (TPSA) is 168 Å². The molecule has 3 aliphatic rings. The molecule has 2 aliphatic heterocycles. The molecule has 1 aliphatic carbocycles. The fraction of sp³-hybridized carbons (Fsp3) is 0.568. The molecule has 2 unspecified atom stereocenters. The van der Waals surface area contributed by atoms with Crippen LogP contribution in [0.15, 0.2) is 60.2 Å². The first-order valence-electron chi connectivity index (χ1n) is 17.7. The average Bonchev–Trinajstić information content (AvgIpc) is 3.09. The third-order valence-electron chi connectivity index (χ3n) is 9.26. The molecule has 0 amide bonds. The number of carbonyl (C=O) groups excluding carboxylic acids is 1. The number of carbonyl (C=O) groups is 1. The number of pyridine rings is 1. The number of nitrogens with one attached hydrogen (secondary N) is 2. The third kappa shape index (κ3) is 11.9. The molecule has 2 saturated heterocycles. The van der Waals surface area contributed by atoms with Crippen molar-refractivity contribution in [3.05, 3.63) is 65.8 Å². The Morgan fingerprint density at radius 3 is 2.40 bits per heavy atom. The van der Waals surface area contributed by atoms with Gasteiger partial charge in [0.15, 0.2) is 0 Å². The maximum absolute atomic E-state index is 10.2. The maximum Gasteiger partial charge on any atom is 0.215 e. The van der Waals surface area contributed by atoms with Gasteiger partial charge in [0.25, 0.3) is 0 Å². The molecule has 266 valence electrons. The van der Waals surface area contributed by atoms with Gasteiger partial charge < -0.3 is 52.3 Å². The Bertz CT molecular complexity index is 1310. The Morgan fingerprint density at radius 1 is 1.12 bits per heavy atom. The molecular formula is C37H60N8O3. The predicted molar refractivity (Wildman–Crippen MR) is 196 cm³/mol. The van der Waals surface area contributed by atoms with Gasteiger partial charge in [0.1, 0.15) is 24.0 Å². The summed E-state index contributed by atoms with van der Waals surface area (Å²) >= 11 is 0. The number of aldehydes is 1. The van der Waals surface area contributed by atoms with E-state index in [0.717, 1.165) is 69.8 Å². The number of piperazine rings is 1. The summed E-state index contributed by atoms with van der Waals surface area (Å²) in [6.07, 6.45) is 13.9. The van der Waals surface area contributed by atoms with E-state index in [4.69, 9.17) is 21.9 Å². The number of anilines is 1. The van der Waals surface area contributed by atoms with Gasteiger partial charge in [-0.25, -0.2) is 4.98 Å². The molecule has 0 spiro atoms. The smallest absolute Gasteiger partial charge is 0.215 e. The van der Waals surface area contributed by atoms with Crippen molar-refractivity contribution in [1.82, 2.24) is 20.5 Å². The van der Waals surface area contributed by atoms with Crippen LogP contribution in [0.2, 0.25) is 0 Å². The highest BCUT2D eigenvalue weighted by atomic mass is 16.5. The number of ether oxygens (including phenoxy) is 1. The van der Waals surface area contributed by atoms with Gasteiger partial charge in [0.05, 0.1) is 5.70 Å². The Labute approximate surface area is 288 Å². The van der Waals surface area contributed by atoms with E-state index in [0.29, 0.717) is 28.9 Å². The number of hydrogen-bond donors (Lipinski definition) is 6. The number of nitrogens with zero attached hydrogens (tertiary/aromatic N) is 3. The van der Waals surface area contributed by atoms with Gasteiger partial charge in [-0.05, 0) is 89.4 Å². The molecule has 0 bridgehead atoms. The molecule has 0 radical (unpaired) electrons. The number of nitrogens with two attached hydrogens (primary N) is 3. The fourth-order valence-corrected chi connectivity index (χ4v) is 5.80. The zero-order chi connectivity index (χ0) is 34.9. The largest absolute Gasteiger partial charge is 0.507 e. The van der Waals surface area contributed by atoms with Crippen molar-refractivity contribution >= 4 is 17.7 Å². The van der Waals surface area contributed by atoms with Crippen LogP contribution in [-0.4, -0.2) is 79.2 Å². The number of benzene rings is 1. The second kappa shape index (κ2) is 20.4. The molecule has 3 fully saturated rings. The first-order chi connectivity index (χ1) is 23.2. The first-order valence-corrected chi connectivity index (χ1v) is 17.7. The number of phenolic OH excluding ortho intramolecular Hbond substituents is 1. The molecule has 48 heavy (non-hydrogen) atoms. The summed E-state index contributed by atoms with van der Waals surface area (Å²) in [4.78, 5) is 18.8. The van der Waals surface area contributed by atoms with Crippen LogP contribution in [0, 0.1) is 5.92 Å². The lowest BCUT2D eigenvalue weighted by Gasteiger charge is -2.44. The van der Waals surface area contributed by atoms with Crippen LogP contribution in [0.5, 0.6) is 11.6 Å². The minimum Gasteiger partial charge on any atom is -0.507 e. The molecule has 1 aromatic heterocycles. The van der Waals surface area contributed by atoms with Gasteiger partial charge in [0, 0.05) is 66.8 Å². The second-order valence-corrected chi connectivity index (χ2v) is 12.9. The molecule has 11 nitrogen and oxygen atoms in total. The first kappa shape index (κ1) is 38.5. The number of para-hydroxylation sites is 1. The number of aromatic hydroxyl groups is 1. The number of piperidine rings is 1. The van der Waals surface area contributed by atoms with Crippen LogP contribution in [0.25, 0.3) is 5.70 Å². The van der Waals surface area contributed by atoms with Gasteiger partial charge in [-0.3, -0.25) is 0 Å². The van der Waals surface area contributed by atoms with E-state index in [2.05, 4.69) is 44.5 Å². The second-order valence-electron chi connectivity index (χ2n) is 12.9. The van der Waals surface area contributed by atoms with E-state index < -0.39 is 0 Å². The molecule has 9 N–H and O–H groups in total. The van der Waals surface area contributed by atoms with Crippen LogP contribution in [0.1, 0.15) is 77.7 Å². The Balaban J connectivity index is 0.000000370. The van der Waals surface area contributed by atoms with E-state index in [1.807, 2.05) is 33.2 Å². The van der Waals surface area contributed by atoms with Gasteiger partial charge in [0.2, 0.25) is 5.88 Å². The number of phenols is 1. The molecule has 11 heteroatoms. The summed E-state index contributed by atoms with van der Waals surface area (Å²) in [5, 5.41) is 16.7. The third-order valence-corrected chi connectivity index (χ3v) is 9.26.